The number of carbonyl (C=O) groups excluding carboxylic acids is 1. The third kappa shape index (κ3) is 4.23. The molecule has 1 fully saturated rings. The van der Waals surface area contributed by atoms with Crippen molar-refractivity contribution in [2.24, 2.45) is 5.92 Å². The lowest BCUT2D eigenvalue weighted by molar-refractivity contribution is 0.102. The van der Waals surface area contributed by atoms with Gasteiger partial charge in [-0.3, -0.25) is 9.78 Å². The Morgan fingerprint density at radius 3 is 2.93 bits per heavy atom. The molecule has 4 heterocycles. The van der Waals surface area contributed by atoms with Crippen molar-refractivity contribution in [1.82, 2.24) is 15.3 Å². The number of halogens is 1. The molecule has 2 atom stereocenters. The van der Waals surface area contributed by atoms with Crippen LogP contribution in [0.15, 0.2) is 45.7 Å². The molecular weight excluding hydrogens is 454 g/mol. The molecular formula is C20H20BrN5O4. The van der Waals surface area contributed by atoms with E-state index in [1.165, 1.54) is 6.26 Å². The van der Waals surface area contributed by atoms with Gasteiger partial charge in [0, 0.05) is 25.3 Å². The number of fused-ring (bicyclic) bond motifs is 1. The first-order valence-electron chi connectivity index (χ1n) is 9.44. The van der Waals surface area contributed by atoms with Gasteiger partial charge >= 0.3 is 6.09 Å². The predicted molar refractivity (Wildman–Crippen MR) is 115 cm³/mol. The number of furan rings is 1. The van der Waals surface area contributed by atoms with Gasteiger partial charge < -0.3 is 25.1 Å². The minimum atomic E-state index is -1.04. The van der Waals surface area contributed by atoms with Gasteiger partial charge in [0.2, 0.25) is 0 Å². The normalized spacial score (nSPS) is 18.9. The van der Waals surface area contributed by atoms with Crippen molar-refractivity contribution >= 4 is 50.4 Å². The van der Waals surface area contributed by atoms with Gasteiger partial charge in [-0.15, -0.1) is 0 Å². The van der Waals surface area contributed by atoms with Crippen LogP contribution >= 0.6 is 15.9 Å². The fourth-order valence-corrected chi connectivity index (χ4v) is 4.16. The number of rotatable bonds is 4. The minimum absolute atomic E-state index is 0.189. The number of nitrogens with one attached hydrogen (secondary N) is 2. The van der Waals surface area contributed by atoms with Crippen LogP contribution in [0.3, 0.4) is 0 Å². The maximum atomic E-state index is 12.8. The maximum Gasteiger partial charge on any atom is 0.404 e. The molecule has 0 bridgehead atoms. The number of anilines is 2. The molecule has 3 aromatic rings. The minimum Gasteiger partial charge on any atom is -0.465 e. The van der Waals surface area contributed by atoms with Gasteiger partial charge in [-0.05, 0) is 46.5 Å². The number of amides is 2. The lowest BCUT2D eigenvalue weighted by atomic mass is 9.95. The third-order valence-corrected chi connectivity index (χ3v) is 5.54. The van der Waals surface area contributed by atoms with E-state index in [4.69, 9.17) is 9.52 Å². The highest BCUT2D eigenvalue weighted by Crippen LogP contribution is 2.30. The zero-order chi connectivity index (χ0) is 21.3. The van der Waals surface area contributed by atoms with E-state index in [0.717, 1.165) is 18.7 Å². The molecule has 0 aromatic carbocycles. The van der Waals surface area contributed by atoms with Crippen molar-refractivity contribution in [1.29, 1.82) is 0 Å². The second kappa shape index (κ2) is 8.31. The average molecular weight is 474 g/mol. The van der Waals surface area contributed by atoms with Gasteiger partial charge in [-0.25, -0.2) is 9.78 Å². The van der Waals surface area contributed by atoms with E-state index >= 15 is 0 Å². The van der Waals surface area contributed by atoms with Gasteiger partial charge in [-0.1, -0.05) is 6.92 Å². The molecule has 9 nitrogen and oxygen atoms in total. The molecule has 1 saturated heterocycles. The summed E-state index contributed by atoms with van der Waals surface area (Å²) in [7, 11) is 0. The first-order chi connectivity index (χ1) is 14.4. The lowest BCUT2D eigenvalue weighted by Gasteiger charge is -2.38. The summed E-state index contributed by atoms with van der Waals surface area (Å²) in [5.74, 6) is -0.0839. The van der Waals surface area contributed by atoms with Crippen LogP contribution in [-0.4, -0.2) is 46.2 Å². The first kappa shape index (κ1) is 20.1. The number of hydrogen-bond acceptors (Lipinski definition) is 6. The van der Waals surface area contributed by atoms with Crippen LogP contribution in [0.4, 0.5) is 16.2 Å². The van der Waals surface area contributed by atoms with Crippen LogP contribution in [0.5, 0.6) is 0 Å². The summed E-state index contributed by atoms with van der Waals surface area (Å²) in [6, 6.07) is 4.92. The van der Waals surface area contributed by atoms with Crippen molar-refractivity contribution in [3.05, 3.63) is 47.0 Å². The zero-order valence-corrected chi connectivity index (χ0v) is 17.7. The Morgan fingerprint density at radius 1 is 1.30 bits per heavy atom. The van der Waals surface area contributed by atoms with Gasteiger partial charge in [-0.2, -0.15) is 0 Å². The third-order valence-electron chi connectivity index (χ3n) is 4.98. The Bertz CT molecular complexity index is 1100. The van der Waals surface area contributed by atoms with Crippen molar-refractivity contribution in [2.75, 3.05) is 23.3 Å². The van der Waals surface area contributed by atoms with E-state index in [9.17, 15) is 9.59 Å². The van der Waals surface area contributed by atoms with Crippen LogP contribution in [0.2, 0.25) is 0 Å². The average Bonchev–Trinajstić information content (AvgIpc) is 3.07. The van der Waals surface area contributed by atoms with E-state index in [-0.39, 0.29) is 23.6 Å². The Morgan fingerprint density at radius 2 is 2.13 bits per heavy atom. The fraction of sp³-hybridized carbons (Fsp3) is 0.300. The lowest BCUT2D eigenvalue weighted by Crippen LogP contribution is -2.50. The quantitative estimate of drug-likeness (QED) is 0.527. The highest BCUT2D eigenvalue weighted by atomic mass is 79.9. The molecule has 0 spiro atoms. The SMILES string of the molecule is C[C@@H]1C[C@H](NC(=O)O)CN(c2ccncc2NC(=O)c2ccc3occ(Br)c3n2)C1. The molecule has 30 heavy (non-hydrogen) atoms. The molecule has 156 valence electrons. The Balaban J connectivity index is 1.57. The van der Waals surface area contributed by atoms with Gasteiger partial charge in [0.15, 0.2) is 5.58 Å². The Hall–Kier alpha value is -3.14. The van der Waals surface area contributed by atoms with Gasteiger partial charge in [0.1, 0.15) is 17.5 Å². The van der Waals surface area contributed by atoms with Gasteiger partial charge in [0.25, 0.3) is 5.91 Å². The van der Waals surface area contributed by atoms with Crippen LogP contribution < -0.4 is 15.5 Å². The number of pyridine rings is 2. The number of hydrogen-bond donors (Lipinski definition) is 3. The van der Waals surface area contributed by atoms with Crippen molar-refractivity contribution in [3.63, 3.8) is 0 Å². The summed E-state index contributed by atoms with van der Waals surface area (Å²) in [5.41, 5.74) is 2.73. The van der Waals surface area contributed by atoms with Crippen LogP contribution in [-0.2, 0) is 0 Å². The summed E-state index contributed by atoms with van der Waals surface area (Å²) in [6.07, 6.45) is 4.48. The van der Waals surface area contributed by atoms with E-state index in [1.54, 1.807) is 24.5 Å². The number of piperidine rings is 1. The van der Waals surface area contributed by atoms with Crippen LogP contribution in [0.1, 0.15) is 23.8 Å². The molecule has 0 unspecified atom stereocenters. The fourth-order valence-electron chi connectivity index (χ4n) is 3.78. The van der Waals surface area contributed by atoms with E-state index in [0.29, 0.717) is 27.8 Å². The summed E-state index contributed by atoms with van der Waals surface area (Å²) in [5, 5.41) is 14.5. The molecule has 3 N–H and O–H groups in total. The molecule has 2 amide bonds. The van der Waals surface area contributed by atoms with E-state index in [2.05, 4.69) is 48.4 Å². The summed E-state index contributed by atoms with van der Waals surface area (Å²) < 4.78 is 6.02. The van der Waals surface area contributed by atoms with E-state index < -0.39 is 6.09 Å². The van der Waals surface area contributed by atoms with Crippen LogP contribution in [0, 0.1) is 5.92 Å². The number of aromatic nitrogens is 2. The Kier molecular flexibility index (Phi) is 5.58. The molecule has 1 aliphatic heterocycles. The Labute approximate surface area is 180 Å². The largest absolute Gasteiger partial charge is 0.465 e. The predicted octanol–water partition coefficient (Wildman–Crippen LogP) is 3.72. The zero-order valence-electron chi connectivity index (χ0n) is 16.1. The highest BCUT2D eigenvalue weighted by Gasteiger charge is 2.27. The number of carbonyl (C=O) groups is 2. The second-order valence-corrected chi connectivity index (χ2v) is 8.22. The molecule has 0 radical (unpaired) electrons. The molecule has 3 aromatic heterocycles. The standard InChI is InChI=1S/C20H20BrN5O4/c1-11-6-12(23-20(28)29)9-26(8-11)16-4-5-22-7-15(16)25-19(27)14-2-3-17-18(24-14)13(21)10-30-17/h2-5,7,10-12,23H,6,8-9H2,1H3,(H,25,27)(H,28,29)/t11-,12+/m1/s1. The molecule has 4 rings (SSSR count). The highest BCUT2D eigenvalue weighted by molar-refractivity contribution is 9.10. The smallest absolute Gasteiger partial charge is 0.404 e. The van der Waals surface area contributed by atoms with Crippen molar-refractivity contribution in [2.45, 2.75) is 19.4 Å². The topological polar surface area (TPSA) is 121 Å². The van der Waals surface area contributed by atoms with Gasteiger partial charge in [0.05, 0.1) is 22.0 Å². The molecule has 0 saturated carbocycles. The monoisotopic (exact) mass is 473 g/mol. The summed E-state index contributed by atoms with van der Waals surface area (Å²) in [4.78, 5) is 34.5. The first-order valence-corrected chi connectivity index (χ1v) is 10.2. The number of nitrogens with zero attached hydrogens (tertiary/aromatic N) is 3. The second-order valence-electron chi connectivity index (χ2n) is 7.37. The summed E-state index contributed by atoms with van der Waals surface area (Å²) >= 11 is 3.36. The maximum absolute atomic E-state index is 12.8. The molecule has 1 aliphatic rings. The molecule has 10 heteroatoms. The van der Waals surface area contributed by atoms with Crippen molar-refractivity contribution in [3.8, 4) is 0 Å². The van der Waals surface area contributed by atoms with Crippen LogP contribution in [0.25, 0.3) is 11.1 Å². The van der Waals surface area contributed by atoms with E-state index in [1.807, 2.05) is 6.07 Å². The summed E-state index contributed by atoms with van der Waals surface area (Å²) in [6.45, 7) is 3.33. The van der Waals surface area contributed by atoms with Crippen molar-refractivity contribution < 1.29 is 19.1 Å². The number of carboxylic acid groups (broad SMARTS) is 1. The molecule has 0 aliphatic carbocycles.